The molecule has 7 nitrogen and oxygen atoms in total. The van der Waals surface area contributed by atoms with Gasteiger partial charge in [-0.1, -0.05) is 29.8 Å². The molecule has 0 atom stereocenters. The van der Waals surface area contributed by atoms with Crippen LogP contribution in [0.5, 0.6) is 0 Å². The molecule has 0 spiro atoms. The van der Waals surface area contributed by atoms with Crippen molar-refractivity contribution in [3.8, 4) is 11.3 Å². The Morgan fingerprint density at radius 1 is 1.10 bits per heavy atom. The molecule has 0 bridgehead atoms. The molecule has 0 aliphatic carbocycles. The summed E-state index contributed by atoms with van der Waals surface area (Å²) in [4.78, 5) is 18.0. The van der Waals surface area contributed by atoms with Gasteiger partial charge < -0.3 is 5.32 Å². The van der Waals surface area contributed by atoms with Crippen molar-refractivity contribution in [2.75, 3.05) is 5.32 Å². The van der Waals surface area contributed by atoms with Gasteiger partial charge in [-0.2, -0.15) is 10.2 Å². The summed E-state index contributed by atoms with van der Waals surface area (Å²) in [6.45, 7) is 9.40. The highest BCUT2D eigenvalue weighted by Crippen LogP contribution is 2.28. The first-order valence-corrected chi connectivity index (χ1v) is 9.79. The van der Waals surface area contributed by atoms with Gasteiger partial charge in [0.1, 0.15) is 0 Å². The van der Waals surface area contributed by atoms with E-state index >= 15 is 0 Å². The Morgan fingerprint density at radius 3 is 2.52 bits per heavy atom. The predicted molar refractivity (Wildman–Crippen MR) is 114 cm³/mol. The van der Waals surface area contributed by atoms with Gasteiger partial charge in [0, 0.05) is 24.8 Å². The second kappa shape index (κ2) is 7.50. The number of fused-ring (bicyclic) bond motifs is 1. The zero-order valence-electron chi connectivity index (χ0n) is 17.1. The van der Waals surface area contributed by atoms with E-state index in [1.54, 1.807) is 10.9 Å². The van der Waals surface area contributed by atoms with Crippen LogP contribution in [0.2, 0.25) is 0 Å². The van der Waals surface area contributed by atoms with Gasteiger partial charge in [0.05, 0.1) is 34.2 Å². The molecule has 4 aromatic rings. The van der Waals surface area contributed by atoms with Gasteiger partial charge in [-0.3, -0.25) is 9.48 Å². The minimum Gasteiger partial charge on any atom is -0.319 e. The lowest BCUT2D eigenvalue weighted by atomic mass is 10.0. The first-order valence-electron chi connectivity index (χ1n) is 9.79. The van der Waals surface area contributed by atoms with Crippen LogP contribution in [0.15, 0.2) is 42.7 Å². The van der Waals surface area contributed by atoms with Gasteiger partial charge in [0.15, 0.2) is 5.65 Å². The van der Waals surface area contributed by atoms with Gasteiger partial charge >= 0.3 is 0 Å². The predicted octanol–water partition coefficient (Wildman–Crippen LogP) is 4.20. The standard InChI is InChI=1S/C22H24N6O/c1-5-27-13-17(12-23-27)24-22(29)18-11-19(16-9-7-14(3)8-10-16)25-21-20(18)15(4)26-28(21)6-2/h7-13H,5-6H2,1-4H3,(H,24,29). The molecule has 148 valence electrons. The first kappa shape index (κ1) is 18.9. The molecule has 29 heavy (non-hydrogen) atoms. The number of anilines is 1. The SMILES string of the molecule is CCn1cc(NC(=O)c2cc(-c3ccc(C)cc3)nc3c2c(C)nn3CC)cn1. The van der Waals surface area contributed by atoms with Crippen LogP contribution in [0, 0.1) is 13.8 Å². The van der Waals surface area contributed by atoms with Crippen molar-refractivity contribution >= 4 is 22.6 Å². The largest absolute Gasteiger partial charge is 0.319 e. The number of benzene rings is 1. The van der Waals surface area contributed by atoms with Crippen molar-refractivity contribution in [3.63, 3.8) is 0 Å². The molecular weight excluding hydrogens is 364 g/mol. The van der Waals surface area contributed by atoms with Gasteiger partial charge in [-0.05, 0) is 33.8 Å². The number of amides is 1. The number of aryl methyl sites for hydroxylation is 4. The lowest BCUT2D eigenvalue weighted by molar-refractivity contribution is 0.102. The molecule has 1 aromatic carbocycles. The second-order valence-electron chi connectivity index (χ2n) is 7.06. The number of hydrogen-bond donors (Lipinski definition) is 1. The van der Waals surface area contributed by atoms with Gasteiger partial charge in [0.25, 0.3) is 5.91 Å². The second-order valence-corrected chi connectivity index (χ2v) is 7.06. The number of nitrogens with one attached hydrogen (secondary N) is 1. The van der Waals surface area contributed by atoms with Crippen LogP contribution < -0.4 is 5.32 Å². The topological polar surface area (TPSA) is 77.6 Å². The Labute approximate surface area is 169 Å². The fourth-order valence-corrected chi connectivity index (χ4v) is 3.42. The van der Waals surface area contributed by atoms with Crippen molar-refractivity contribution in [1.82, 2.24) is 24.5 Å². The van der Waals surface area contributed by atoms with Crippen molar-refractivity contribution in [3.05, 3.63) is 59.5 Å². The van der Waals surface area contributed by atoms with E-state index in [4.69, 9.17) is 4.98 Å². The number of carbonyl (C=O) groups is 1. The van der Waals surface area contributed by atoms with Crippen LogP contribution in [-0.2, 0) is 13.1 Å². The minimum absolute atomic E-state index is 0.194. The monoisotopic (exact) mass is 388 g/mol. The Hall–Kier alpha value is -3.48. The summed E-state index contributed by atoms with van der Waals surface area (Å²) >= 11 is 0. The number of hydrogen-bond acceptors (Lipinski definition) is 4. The van der Waals surface area contributed by atoms with E-state index in [-0.39, 0.29) is 5.91 Å². The highest BCUT2D eigenvalue weighted by atomic mass is 16.1. The maximum atomic E-state index is 13.2. The third-order valence-electron chi connectivity index (χ3n) is 4.98. The number of nitrogens with zero attached hydrogens (tertiary/aromatic N) is 5. The van der Waals surface area contributed by atoms with E-state index in [9.17, 15) is 4.79 Å². The van der Waals surface area contributed by atoms with Crippen molar-refractivity contribution in [2.24, 2.45) is 0 Å². The Bertz CT molecular complexity index is 1190. The molecule has 3 aromatic heterocycles. The zero-order chi connectivity index (χ0) is 20.5. The van der Waals surface area contributed by atoms with E-state index in [0.29, 0.717) is 17.8 Å². The Kier molecular flexibility index (Phi) is 4.88. The summed E-state index contributed by atoms with van der Waals surface area (Å²) in [5.41, 5.74) is 5.63. The van der Waals surface area contributed by atoms with E-state index in [1.807, 2.05) is 68.9 Å². The number of rotatable bonds is 5. The molecular formula is C22H24N6O. The molecule has 0 aliphatic heterocycles. The zero-order valence-corrected chi connectivity index (χ0v) is 17.1. The van der Waals surface area contributed by atoms with Crippen molar-refractivity contribution in [1.29, 1.82) is 0 Å². The van der Waals surface area contributed by atoms with E-state index in [1.165, 1.54) is 5.56 Å². The van der Waals surface area contributed by atoms with Gasteiger partial charge in [-0.25, -0.2) is 9.67 Å². The van der Waals surface area contributed by atoms with E-state index in [2.05, 4.69) is 15.5 Å². The summed E-state index contributed by atoms with van der Waals surface area (Å²) in [7, 11) is 0. The first-order chi connectivity index (χ1) is 14.0. The lowest BCUT2D eigenvalue weighted by Crippen LogP contribution is -2.13. The van der Waals surface area contributed by atoms with Crippen LogP contribution in [0.1, 0.15) is 35.5 Å². The molecule has 0 radical (unpaired) electrons. The third-order valence-corrected chi connectivity index (χ3v) is 4.98. The van der Waals surface area contributed by atoms with E-state index < -0.39 is 0 Å². The molecule has 7 heteroatoms. The summed E-state index contributed by atoms with van der Waals surface area (Å²) in [5, 5.41) is 12.5. The molecule has 0 unspecified atom stereocenters. The number of pyridine rings is 1. The molecule has 1 amide bonds. The summed E-state index contributed by atoms with van der Waals surface area (Å²) in [6.07, 6.45) is 3.47. The van der Waals surface area contributed by atoms with Crippen LogP contribution >= 0.6 is 0 Å². The van der Waals surface area contributed by atoms with Gasteiger partial charge in [-0.15, -0.1) is 0 Å². The smallest absolute Gasteiger partial charge is 0.256 e. The molecule has 0 saturated carbocycles. The normalized spacial score (nSPS) is 11.2. The summed E-state index contributed by atoms with van der Waals surface area (Å²) in [5.74, 6) is -0.194. The maximum Gasteiger partial charge on any atom is 0.256 e. The third kappa shape index (κ3) is 3.51. The number of carbonyl (C=O) groups excluding carboxylic acids is 1. The Morgan fingerprint density at radius 2 is 1.86 bits per heavy atom. The van der Waals surface area contributed by atoms with Crippen LogP contribution in [0.25, 0.3) is 22.3 Å². The highest BCUT2D eigenvalue weighted by Gasteiger charge is 2.20. The fourth-order valence-electron chi connectivity index (χ4n) is 3.42. The molecule has 0 saturated heterocycles. The highest BCUT2D eigenvalue weighted by molar-refractivity contribution is 6.13. The van der Waals surface area contributed by atoms with E-state index in [0.717, 1.165) is 34.5 Å². The van der Waals surface area contributed by atoms with Crippen LogP contribution in [-0.4, -0.2) is 30.5 Å². The number of aromatic nitrogens is 5. The average Bonchev–Trinajstić information content (AvgIpc) is 3.31. The van der Waals surface area contributed by atoms with Crippen molar-refractivity contribution < 1.29 is 4.79 Å². The van der Waals surface area contributed by atoms with Crippen molar-refractivity contribution in [2.45, 2.75) is 40.8 Å². The van der Waals surface area contributed by atoms with Crippen LogP contribution in [0.3, 0.4) is 0 Å². The minimum atomic E-state index is -0.194. The van der Waals surface area contributed by atoms with Crippen LogP contribution in [0.4, 0.5) is 5.69 Å². The molecule has 0 aliphatic rings. The maximum absolute atomic E-state index is 13.2. The molecule has 1 N–H and O–H groups in total. The Balaban J connectivity index is 1.85. The summed E-state index contributed by atoms with van der Waals surface area (Å²) in [6, 6.07) is 9.98. The average molecular weight is 388 g/mol. The fraction of sp³-hybridized carbons (Fsp3) is 0.273. The quantitative estimate of drug-likeness (QED) is 0.556. The summed E-state index contributed by atoms with van der Waals surface area (Å²) < 4.78 is 3.62. The van der Waals surface area contributed by atoms with Gasteiger partial charge in [0.2, 0.25) is 0 Å². The molecule has 0 fully saturated rings. The molecule has 4 rings (SSSR count). The molecule has 3 heterocycles. The lowest BCUT2D eigenvalue weighted by Gasteiger charge is -2.09.